The number of rotatable bonds is 7. The molecular formula is C18H38N2. The quantitative estimate of drug-likeness (QED) is 0.705. The van der Waals surface area contributed by atoms with Crippen molar-refractivity contribution in [3.05, 3.63) is 0 Å². The number of hydrogen-bond donors (Lipinski definition) is 1. The van der Waals surface area contributed by atoms with E-state index < -0.39 is 0 Å². The Kier molecular flexibility index (Phi) is 7.53. The molecule has 0 radical (unpaired) electrons. The van der Waals surface area contributed by atoms with Crippen molar-refractivity contribution in [1.29, 1.82) is 0 Å². The van der Waals surface area contributed by atoms with E-state index in [-0.39, 0.29) is 0 Å². The number of piperidine rings is 1. The highest BCUT2D eigenvalue weighted by Crippen LogP contribution is 2.34. The zero-order chi connectivity index (χ0) is 15.2. The van der Waals surface area contributed by atoms with E-state index in [9.17, 15) is 0 Å². The lowest BCUT2D eigenvalue weighted by Gasteiger charge is -2.41. The molecule has 0 aliphatic carbocycles. The van der Waals surface area contributed by atoms with Gasteiger partial charge in [-0.3, -0.25) is 0 Å². The molecule has 0 amide bonds. The predicted molar refractivity (Wildman–Crippen MR) is 90.2 cm³/mol. The maximum atomic E-state index is 3.55. The van der Waals surface area contributed by atoms with E-state index in [1.54, 1.807) is 0 Å². The van der Waals surface area contributed by atoms with Crippen LogP contribution in [0.5, 0.6) is 0 Å². The highest BCUT2D eigenvalue weighted by molar-refractivity contribution is 4.82. The Hall–Kier alpha value is -0.0800. The maximum Gasteiger partial charge on any atom is 0.00674 e. The first-order chi connectivity index (χ1) is 9.30. The van der Waals surface area contributed by atoms with E-state index in [1.165, 1.54) is 45.3 Å². The summed E-state index contributed by atoms with van der Waals surface area (Å²) in [7, 11) is 0. The third-order valence-corrected chi connectivity index (χ3v) is 4.91. The van der Waals surface area contributed by atoms with Crippen LogP contribution in [0.4, 0.5) is 0 Å². The zero-order valence-corrected chi connectivity index (χ0v) is 14.8. The van der Waals surface area contributed by atoms with E-state index in [2.05, 4.69) is 51.8 Å². The van der Waals surface area contributed by atoms with Crippen LogP contribution in [0.2, 0.25) is 0 Å². The molecule has 2 nitrogen and oxygen atoms in total. The molecule has 0 aromatic carbocycles. The van der Waals surface area contributed by atoms with Gasteiger partial charge in [0.05, 0.1) is 0 Å². The van der Waals surface area contributed by atoms with Crippen LogP contribution in [0.1, 0.15) is 67.2 Å². The van der Waals surface area contributed by atoms with Crippen molar-refractivity contribution in [2.45, 2.75) is 73.3 Å². The van der Waals surface area contributed by atoms with Gasteiger partial charge < -0.3 is 10.2 Å². The Balaban J connectivity index is 2.14. The van der Waals surface area contributed by atoms with Crippen molar-refractivity contribution in [2.75, 3.05) is 26.2 Å². The minimum Gasteiger partial charge on any atom is -0.316 e. The molecule has 0 aromatic heterocycles. The monoisotopic (exact) mass is 282 g/mol. The van der Waals surface area contributed by atoms with Crippen LogP contribution in [0.15, 0.2) is 0 Å². The van der Waals surface area contributed by atoms with Gasteiger partial charge in [0.15, 0.2) is 0 Å². The molecule has 120 valence electrons. The Bertz CT molecular complexity index is 247. The van der Waals surface area contributed by atoms with E-state index in [1.807, 2.05) is 0 Å². The van der Waals surface area contributed by atoms with Crippen LogP contribution in [-0.4, -0.2) is 37.1 Å². The molecule has 0 bridgehead atoms. The van der Waals surface area contributed by atoms with Crippen LogP contribution in [0.25, 0.3) is 0 Å². The first-order valence-corrected chi connectivity index (χ1v) is 8.75. The second kappa shape index (κ2) is 8.38. The third kappa shape index (κ3) is 6.58. The summed E-state index contributed by atoms with van der Waals surface area (Å²) >= 11 is 0. The fraction of sp³-hybridized carbons (Fsp3) is 1.00. The molecule has 1 atom stereocenters. The van der Waals surface area contributed by atoms with Gasteiger partial charge in [0.2, 0.25) is 0 Å². The van der Waals surface area contributed by atoms with Crippen LogP contribution in [-0.2, 0) is 0 Å². The SMILES string of the molecule is CC(C)CNCCCC(C)N1CCC(C(C)(C)C)CC1. The lowest BCUT2D eigenvalue weighted by Crippen LogP contribution is -2.42. The molecular weight excluding hydrogens is 244 g/mol. The first-order valence-electron chi connectivity index (χ1n) is 8.75. The first kappa shape index (κ1) is 18.0. The molecule has 0 saturated carbocycles. The molecule has 1 heterocycles. The zero-order valence-electron chi connectivity index (χ0n) is 14.8. The highest BCUT2D eigenvalue weighted by Gasteiger charge is 2.29. The molecule has 1 unspecified atom stereocenters. The Morgan fingerprint density at radius 1 is 1.10 bits per heavy atom. The normalized spacial score (nSPS) is 20.6. The summed E-state index contributed by atoms with van der Waals surface area (Å²) in [6.45, 7) is 19.1. The Morgan fingerprint density at radius 3 is 2.20 bits per heavy atom. The number of nitrogens with zero attached hydrogens (tertiary/aromatic N) is 1. The Morgan fingerprint density at radius 2 is 1.70 bits per heavy atom. The van der Waals surface area contributed by atoms with Gasteiger partial charge in [-0.05, 0) is 76.0 Å². The van der Waals surface area contributed by atoms with Gasteiger partial charge in [-0.15, -0.1) is 0 Å². The van der Waals surface area contributed by atoms with Gasteiger partial charge in [0.1, 0.15) is 0 Å². The predicted octanol–water partition coefficient (Wildman–Crippen LogP) is 4.16. The van der Waals surface area contributed by atoms with Crippen molar-refractivity contribution in [2.24, 2.45) is 17.3 Å². The molecule has 1 N–H and O–H groups in total. The fourth-order valence-electron chi connectivity index (χ4n) is 3.30. The van der Waals surface area contributed by atoms with Crippen molar-refractivity contribution in [3.63, 3.8) is 0 Å². The molecule has 1 aliphatic heterocycles. The van der Waals surface area contributed by atoms with E-state index >= 15 is 0 Å². The molecule has 1 fully saturated rings. The second-order valence-corrected chi connectivity index (χ2v) is 8.27. The summed E-state index contributed by atoms with van der Waals surface area (Å²) in [5.74, 6) is 1.68. The van der Waals surface area contributed by atoms with E-state index in [4.69, 9.17) is 0 Å². The van der Waals surface area contributed by atoms with Crippen molar-refractivity contribution in [1.82, 2.24) is 10.2 Å². The van der Waals surface area contributed by atoms with Crippen LogP contribution in [0, 0.1) is 17.3 Å². The molecule has 1 aliphatic rings. The van der Waals surface area contributed by atoms with E-state index in [0.29, 0.717) is 5.41 Å². The average molecular weight is 283 g/mol. The summed E-state index contributed by atoms with van der Waals surface area (Å²) in [6, 6.07) is 0.761. The van der Waals surface area contributed by atoms with Gasteiger partial charge in [-0.2, -0.15) is 0 Å². The highest BCUT2D eigenvalue weighted by atomic mass is 15.2. The molecule has 2 heteroatoms. The summed E-state index contributed by atoms with van der Waals surface area (Å²) in [4.78, 5) is 2.71. The van der Waals surface area contributed by atoms with Crippen LogP contribution in [0.3, 0.4) is 0 Å². The van der Waals surface area contributed by atoms with Crippen LogP contribution < -0.4 is 5.32 Å². The lowest BCUT2D eigenvalue weighted by atomic mass is 9.75. The third-order valence-electron chi connectivity index (χ3n) is 4.91. The number of hydrogen-bond acceptors (Lipinski definition) is 2. The minimum absolute atomic E-state index is 0.496. The van der Waals surface area contributed by atoms with E-state index in [0.717, 1.165) is 24.4 Å². The van der Waals surface area contributed by atoms with Gasteiger partial charge in [-0.1, -0.05) is 34.6 Å². The molecule has 1 saturated heterocycles. The lowest BCUT2D eigenvalue weighted by molar-refractivity contribution is 0.0844. The summed E-state index contributed by atoms with van der Waals surface area (Å²) < 4.78 is 0. The smallest absolute Gasteiger partial charge is 0.00674 e. The molecule has 20 heavy (non-hydrogen) atoms. The van der Waals surface area contributed by atoms with Gasteiger partial charge in [-0.25, -0.2) is 0 Å². The van der Waals surface area contributed by atoms with Gasteiger partial charge in [0, 0.05) is 6.04 Å². The average Bonchev–Trinajstić information content (AvgIpc) is 2.37. The number of nitrogens with one attached hydrogen (secondary N) is 1. The van der Waals surface area contributed by atoms with Gasteiger partial charge >= 0.3 is 0 Å². The fourth-order valence-corrected chi connectivity index (χ4v) is 3.30. The summed E-state index contributed by atoms with van der Waals surface area (Å²) in [5.41, 5.74) is 0.496. The molecule has 0 spiro atoms. The molecule has 1 rings (SSSR count). The van der Waals surface area contributed by atoms with Crippen molar-refractivity contribution >= 4 is 0 Å². The second-order valence-electron chi connectivity index (χ2n) is 8.27. The summed E-state index contributed by atoms with van der Waals surface area (Å²) in [6.07, 6.45) is 5.43. The summed E-state index contributed by atoms with van der Waals surface area (Å²) in [5, 5.41) is 3.55. The minimum atomic E-state index is 0.496. The van der Waals surface area contributed by atoms with Crippen molar-refractivity contribution < 1.29 is 0 Å². The topological polar surface area (TPSA) is 15.3 Å². The standard InChI is InChI=1S/C18H38N2/c1-15(2)14-19-11-7-8-16(3)20-12-9-17(10-13-20)18(4,5)6/h15-17,19H,7-14H2,1-6H3. The Labute approximate surface area is 127 Å². The van der Waals surface area contributed by atoms with Crippen molar-refractivity contribution in [3.8, 4) is 0 Å². The van der Waals surface area contributed by atoms with Gasteiger partial charge in [0.25, 0.3) is 0 Å². The largest absolute Gasteiger partial charge is 0.316 e. The maximum absolute atomic E-state index is 3.55. The number of likely N-dealkylation sites (tertiary alicyclic amines) is 1. The molecule has 0 aromatic rings. The van der Waals surface area contributed by atoms with Crippen LogP contribution >= 0.6 is 0 Å².